The van der Waals surface area contributed by atoms with Crippen LogP contribution in [0.3, 0.4) is 0 Å². The van der Waals surface area contributed by atoms with E-state index in [1.165, 1.54) is 0 Å². The zero-order chi connectivity index (χ0) is 13.7. The average molecular weight is 260 g/mol. The molecule has 0 aliphatic rings. The number of carbonyl (C=O) groups is 1. The van der Waals surface area contributed by atoms with Crippen LogP contribution in [0.2, 0.25) is 0 Å². The van der Waals surface area contributed by atoms with Crippen molar-refractivity contribution in [2.75, 3.05) is 0 Å². The molecule has 7 heteroatoms. The molecule has 0 fully saturated rings. The predicted octanol–water partition coefficient (Wildman–Crippen LogP) is 0.152. The zero-order valence-electron chi connectivity index (χ0n) is 10.6. The van der Waals surface area contributed by atoms with Gasteiger partial charge in [-0.1, -0.05) is 42.5 Å². The first-order valence-corrected chi connectivity index (χ1v) is 5.99. The normalized spacial score (nSPS) is 13.8. The second kappa shape index (κ2) is 6.05. The molecule has 2 atom stereocenters. The summed E-state index contributed by atoms with van der Waals surface area (Å²) in [6, 6.07) is 9.20. The van der Waals surface area contributed by atoms with Gasteiger partial charge in [0.05, 0.1) is 12.5 Å². The minimum absolute atomic E-state index is 0.138. The van der Waals surface area contributed by atoms with E-state index in [-0.39, 0.29) is 24.4 Å². The molecule has 0 bridgehead atoms. The number of benzene rings is 1. The highest BCUT2D eigenvalue weighted by Crippen LogP contribution is 2.18. The molecule has 100 valence electrons. The van der Waals surface area contributed by atoms with Gasteiger partial charge in [0, 0.05) is 6.04 Å². The van der Waals surface area contributed by atoms with Gasteiger partial charge in [-0.3, -0.25) is 4.79 Å². The van der Waals surface area contributed by atoms with Crippen LogP contribution in [-0.2, 0) is 11.3 Å². The molecular formula is C12H16N6O. The molecule has 0 saturated carbocycles. The Morgan fingerprint density at radius 3 is 2.79 bits per heavy atom. The standard InChI is InChI=1S/C12H16N6O/c1-8(11(13)9-5-3-2-4-6-9)12(19)14-7-10-15-17-18-16-10/h2-6,8,11H,7,13H2,1H3,(H,14,19)(H,15,16,17,18). The summed E-state index contributed by atoms with van der Waals surface area (Å²) in [5.74, 6) is -0.0377. The van der Waals surface area contributed by atoms with Gasteiger partial charge in [-0.25, -0.2) is 0 Å². The fourth-order valence-corrected chi connectivity index (χ4v) is 1.71. The van der Waals surface area contributed by atoms with Crippen LogP contribution in [0.5, 0.6) is 0 Å². The Bertz CT molecular complexity index is 512. The SMILES string of the molecule is CC(C(=O)NCc1nn[nH]n1)C(N)c1ccccc1. The molecule has 19 heavy (non-hydrogen) atoms. The Labute approximate surface area is 110 Å². The number of hydrogen-bond donors (Lipinski definition) is 3. The summed E-state index contributed by atoms with van der Waals surface area (Å²) in [6.07, 6.45) is 0. The van der Waals surface area contributed by atoms with E-state index in [1.54, 1.807) is 6.92 Å². The molecule has 2 aromatic rings. The lowest BCUT2D eigenvalue weighted by Gasteiger charge is -2.19. The first-order valence-electron chi connectivity index (χ1n) is 5.99. The van der Waals surface area contributed by atoms with Crippen molar-refractivity contribution in [3.05, 3.63) is 41.7 Å². The lowest BCUT2D eigenvalue weighted by molar-refractivity contribution is -0.125. The van der Waals surface area contributed by atoms with Crippen LogP contribution in [0.1, 0.15) is 24.4 Å². The molecular weight excluding hydrogens is 244 g/mol. The fourth-order valence-electron chi connectivity index (χ4n) is 1.71. The smallest absolute Gasteiger partial charge is 0.225 e. The highest BCUT2D eigenvalue weighted by Gasteiger charge is 2.22. The average Bonchev–Trinajstić information content (AvgIpc) is 2.97. The third kappa shape index (κ3) is 3.35. The summed E-state index contributed by atoms with van der Waals surface area (Å²) < 4.78 is 0. The number of tetrazole rings is 1. The third-order valence-corrected chi connectivity index (χ3v) is 2.95. The minimum atomic E-state index is -0.341. The van der Waals surface area contributed by atoms with Crippen molar-refractivity contribution in [2.45, 2.75) is 19.5 Å². The van der Waals surface area contributed by atoms with E-state index in [0.717, 1.165) is 5.56 Å². The van der Waals surface area contributed by atoms with Crippen molar-refractivity contribution in [2.24, 2.45) is 11.7 Å². The first kappa shape index (κ1) is 13.2. The van der Waals surface area contributed by atoms with Crippen LogP contribution >= 0.6 is 0 Å². The van der Waals surface area contributed by atoms with Crippen molar-refractivity contribution in [1.29, 1.82) is 0 Å². The fraction of sp³-hybridized carbons (Fsp3) is 0.333. The largest absolute Gasteiger partial charge is 0.348 e. The molecule has 1 aromatic carbocycles. The quantitative estimate of drug-likeness (QED) is 0.709. The van der Waals surface area contributed by atoms with E-state index in [0.29, 0.717) is 5.82 Å². The number of nitrogens with one attached hydrogen (secondary N) is 2. The highest BCUT2D eigenvalue weighted by molar-refractivity contribution is 5.79. The monoisotopic (exact) mass is 260 g/mol. The van der Waals surface area contributed by atoms with Crippen LogP contribution in [0.4, 0.5) is 0 Å². The zero-order valence-corrected chi connectivity index (χ0v) is 10.6. The maximum Gasteiger partial charge on any atom is 0.225 e. The van der Waals surface area contributed by atoms with Crippen LogP contribution in [-0.4, -0.2) is 26.5 Å². The van der Waals surface area contributed by atoms with Crippen LogP contribution < -0.4 is 11.1 Å². The highest BCUT2D eigenvalue weighted by atomic mass is 16.1. The lowest BCUT2D eigenvalue weighted by Crippen LogP contribution is -2.35. The molecule has 2 unspecified atom stereocenters. The van der Waals surface area contributed by atoms with Crippen molar-refractivity contribution in [3.63, 3.8) is 0 Å². The number of nitrogens with zero attached hydrogens (tertiary/aromatic N) is 3. The molecule has 1 heterocycles. The number of carbonyl (C=O) groups excluding carboxylic acids is 1. The van der Waals surface area contributed by atoms with Gasteiger partial charge in [0.25, 0.3) is 0 Å². The van der Waals surface area contributed by atoms with Crippen molar-refractivity contribution >= 4 is 5.91 Å². The number of rotatable bonds is 5. The van der Waals surface area contributed by atoms with Gasteiger partial charge < -0.3 is 11.1 Å². The number of H-pyrrole nitrogens is 1. The van der Waals surface area contributed by atoms with Gasteiger partial charge in [0.1, 0.15) is 0 Å². The van der Waals surface area contributed by atoms with E-state index in [1.807, 2.05) is 30.3 Å². The third-order valence-electron chi connectivity index (χ3n) is 2.95. The van der Waals surface area contributed by atoms with Crippen LogP contribution in [0.15, 0.2) is 30.3 Å². The van der Waals surface area contributed by atoms with Gasteiger partial charge in [0.15, 0.2) is 5.82 Å². The number of amides is 1. The van der Waals surface area contributed by atoms with E-state index in [9.17, 15) is 4.79 Å². The summed E-state index contributed by atoms with van der Waals surface area (Å²) >= 11 is 0. The Balaban J connectivity index is 1.91. The lowest BCUT2D eigenvalue weighted by atomic mass is 9.95. The predicted molar refractivity (Wildman–Crippen MR) is 68.6 cm³/mol. The van der Waals surface area contributed by atoms with E-state index < -0.39 is 0 Å². The molecule has 1 amide bonds. The Kier molecular flexibility index (Phi) is 4.19. The molecule has 0 spiro atoms. The number of hydrogen-bond acceptors (Lipinski definition) is 5. The molecule has 7 nitrogen and oxygen atoms in total. The first-order chi connectivity index (χ1) is 9.18. The maximum atomic E-state index is 12.0. The van der Waals surface area contributed by atoms with E-state index in [4.69, 9.17) is 5.73 Å². The van der Waals surface area contributed by atoms with Gasteiger partial charge in [-0.2, -0.15) is 5.21 Å². The van der Waals surface area contributed by atoms with Gasteiger partial charge in [-0.15, -0.1) is 10.2 Å². The number of aromatic nitrogens is 4. The maximum absolute atomic E-state index is 12.0. The van der Waals surface area contributed by atoms with Crippen LogP contribution in [0.25, 0.3) is 0 Å². The summed E-state index contributed by atoms with van der Waals surface area (Å²) in [5.41, 5.74) is 7.01. The van der Waals surface area contributed by atoms with Crippen molar-refractivity contribution < 1.29 is 4.79 Å². The van der Waals surface area contributed by atoms with Crippen LogP contribution in [0, 0.1) is 5.92 Å². The minimum Gasteiger partial charge on any atom is -0.348 e. The number of nitrogens with two attached hydrogens (primary N) is 1. The molecule has 2 rings (SSSR count). The van der Waals surface area contributed by atoms with Crippen molar-refractivity contribution in [3.8, 4) is 0 Å². The van der Waals surface area contributed by atoms with E-state index in [2.05, 4.69) is 25.9 Å². The van der Waals surface area contributed by atoms with Crippen molar-refractivity contribution in [1.82, 2.24) is 25.9 Å². The summed E-state index contributed by atoms with van der Waals surface area (Å²) in [6.45, 7) is 2.03. The topological polar surface area (TPSA) is 110 Å². The summed E-state index contributed by atoms with van der Waals surface area (Å²) in [4.78, 5) is 12.0. The molecule has 0 aliphatic carbocycles. The second-order valence-electron chi connectivity index (χ2n) is 4.27. The Hall–Kier alpha value is -2.28. The Morgan fingerprint density at radius 1 is 1.42 bits per heavy atom. The molecule has 0 saturated heterocycles. The summed E-state index contributed by atoms with van der Waals surface area (Å²) in [5, 5.41) is 16.0. The summed E-state index contributed by atoms with van der Waals surface area (Å²) in [7, 11) is 0. The van der Waals surface area contributed by atoms with E-state index >= 15 is 0 Å². The van der Waals surface area contributed by atoms with Gasteiger partial charge >= 0.3 is 0 Å². The molecule has 0 radical (unpaired) electrons. The van der Waals surface area contributed by atoms with Gasteiger partial charge in [-0.05, 0) is 5.56 Å². The van der Waals surface area contributed by atoms with Gasteiger partial charge in [0.2, 0.25) is 5.91 Å². The molecule has 4 N–H and O–H groups in total. The number of aromatic amines is 1. The molecule has 1 aromatic heterocycles. The Morgan fingerprint density at radius 2 is 2.16 bits per heavy atom. The second-order valence-corrected chi connectivity index (χ2v) is 4.27. The molecule has 0 aliphatic heterocycles.